The van der Waals surface area contributed by atoms with Crippen LogP contribution in [0.5, 0.6) is 5.75 Å². The van der Waals surface area contributed by atoms with Crippen LogP contribution in [0.1, 0.15) is 37.7 Å². The number of nitrogens with two attached hydrogens (primary N) is 1. The van der Waals surface area contributed by atoms with E-state index in [0.29, 0.717) is 23.8 Å². The van der Waals surface area contributed by atoms with E-state index in [-0.39, 0.29) is 5.92 Å². The van der Waals surface area contributed by atoms with Gasteiger partial charge in [0.25, 0.3) is 0 Å². The first-order chi connectivity index (χ1) is 13.2. The Morgan fingerprint density at radius 3 is 2.44 bits per heavy atom. The lowest BCUT2D eigenvalue weighted by molar-refractivity contribution is -0.140. The van der Waals surface area contributed by atoms with Gasteiger partial charge in [-0.25, -0.2) is 0 Å². The molecule has 3 aliphatic rings. The molecule has 148 valence electrons. The number of hydrogen-bond acceptors (Lipinski definition) is 4. The van der Waals surface area contributed by atoms with Crippen LogP contribution in [-0.2, 0) is 11.3 Å². The number of fused-ring (bicyclic) bond motifs is 2. The summed E-state index contributed by atoms with van der Waals surface area (Å²) >= 11 is 0. The van der Waals surface area contributed by atoms with Crippen LogP contribution in [0.15, 0.2) is 24.3 Å². The fourth-order valence-electron chi connectivity index (χ4n) is 5.45. The summed E-state index contributed by atoms with van der Waals surface area (Å²) in [5.74, 6) is 2.68. The second kappa shape index (κ2) is 8.19. The van der Waals surface area contributed by atoms with E-state index >= 15 is 0 Å². The molecule has 2 saturated carbocycles. The van der Waals surface area contributed by atoms with E-state index in [0.717, 1.165) is 51.3 Å². The Balaban J connectivity index is 1.31. The van der Waals surface area contributed by atoms with E-state index < -0.39 is 0 Å². The lowest BCUT2D eigenvalue weighted by Gasteiger charge is -2.45. The predicted octanol–water partition coefficient (Wildman–Crippen LogP) is 2.49. The molecular formula is C22H33N3O2. The summed E-state index contributed by atoms with van der Waals surface area (Å²) in [6.07, 6.45) is 5.75. The van der Waals surface area contributed by atoms with E-state index in [9.17, 15) is 4.79 Å². The zero-order valence-corrected chi connectivity index (χ0v) is 16.5. The van der Waals surface area contributed by atoms with Crippen molar-refractivity contribution in [3.63, 3.8) is 0 Å². The molecule has 0 radical (unpaired) electrons. The molecule has 2 unspecified atom stereocenters. The maximum atomic E-state index is 13.1. The monoisotopic (exact) mass is 371 g/mol. The van der Waals surface area contributed by atoms with Crippen LogP contribution < -0.4 is 10.5 Å². The molecule has 2 bridgehead atoms. The molecule has 2 N–H and O–H groups in total. The minimum absolute atomic E-state index is 0.209. The minimum Gasteiger partial charge on any atom is -0.496 e. The molecule has 4 rings (SSSR count). The van der Waals surface area contributed by atoms with E-state index in [1.165, 1.54) is 24.8 Å². The van der Waals surface area contributed by atoms with Crippen molar-refractivity contribution in [2.45, 2.75) is 44.7 Å². The lowest BCUT2D eigenvalue weighted by Crippen LogP contribution is -2.53. The average Bonchev–Trinajstić information content (AvgIpc) is 2.68. The number of nitrogens with zero attached hydrogens (tertiary/aromatic N) is 2. The quantitative estimate of drug-likeness (QED) is 0.883. The van der Waals surface area contributed by atoms with Gasteiger partial charge in [0.15, 0.2) is 0 Å². The largest absolute Gasteiger partial charge is 0.496 e. The summed E-state index contributed by atoms with van der Waals surface area (Å²) < 4.78 is 5.47. The maximum Gasteiger partial charge on any atom is 0.225 e. The Bertz CT molecular complexity index is 643. The van der Waals surface area contributed by atoms with Crippen LogP contribution in [0.25, 0.3) is 0 Å². The van der Waals surface area contributed by atoms with E-state index in [1.54, 1.807) is 7.11 Å². The molecule has 5 nitrogen and oxygen atoms in total. The van der Waals surface area contributed by atoms with E-state index in [4.69, 9.17) is 10.5 Å². The predicted molar refractivity (Wildman–Crippen MR) is 106 cm³/mol. The van der Waals surface area contributed by atoms with Crippen molar-refractivity contribution >= 4 is 5.91 Å². The summed E-state index contributed by atoms with van der Waals surface area (Å²) in [5, 5.41) is 0. The number of rotatable bonds is 4. The third-order valence-corrected chi connectivity index (χ3v) is 7.03. The number of ether oxygens (including phenoxy) is 1. The van der Waals surface area contributed by atoms with Crippen molar-refractivity contribution in [2.75, 3.05) is 33.3 Å². The van der Waals surface area contributed by atoms with Gasteiger partial charge < -0.3 is 15.4 Å². The normalized spacial score (nSPS) is 31.6. The smallest absolute Gasteiger partial charge is 0.225 e. The first-order valence-electron chi connectivity index (χ1n) is 10.5. The standard InChI is InChI=1S/C22H33N3O2/c1-27-20-8-3-2-5-18(20)15-24-9-11-25(12-10-24)22(26)19-13-16-6-4-7-17(14-19)21(16)23/h2-3,5,8,16-17,19,21H,4,6-7,9-15,23H2,1H3. The molecule has 3 fully saturated rings. The molecule has 2 atom stereocenters. The van der Waals surface area contributed by atoms with Gasteiger partial charge in [-0.1, -0.05) is 24.6 Å². The van der Waals surface area contributed by atoms with Crippen LogP contribution in [0.2, 0.25) is 0 Å². The molecular weight excluding hydrogens is 338 g/mol. The molecule has 1 amide bonds. The molecule has 0 spiro atoms. The van der Waals surface area contributed by atoms with Gasteiger partial charge in [0.2, 0.25) is 5.91 Å². The minimum atomic E-state index is 0.209. The second-order valence-electron chi connectivity index (χ2n) is 8.61. The van der Waals surface area contributed by atoms with Gasteiger partial charge in [-0.15, -0.1) is 0 Å². The van der Waals surface area contributed by atoms with Crippen LogP contribution in [-0.4, -0.2) is 55.0 Å². The highest BCUT2D eigenvalue weighted by Gasteiger charge is 2.41. The highest BCUT2D eigenvalue weighted by molar-refractivity contribution is 5.79. The molecule has 1 heterocycles. The van der Waals surface area contributed by atoms with Gasteiger partial charge in [-0.05, 0) is 43.6 Å². The number of piperazine rings is 1. The zero-order valence-electron chi connectivity index (χ0n) is 16.5. The molecule has 27 heavy (non-hydrogen) atoms. The Hall–Kier alpha value is -1.59. The third kappa shape index (κ3) is 3.99. The van der Waals surface area contributed by atoms with Crippen LogP contribution in [0.3, 0.4) is 0 Å². The van der Waals surface area contributed by atoms with Gasteiger partial charge in [-0.3, -0.25) is 9.69 Å². The summed E-state index contributed by atoms with van der Waals surface area (Å²) in [5.41, 5.74) is 7.61. The van der Waals surface area contributed by atoms with Crippen LogP contribution >= 0.6 is 0 Å². The first kappa shape index (κ1) is 18.8. The molecule has 1 aromatic rings. The Labute approximate surface area is 162 Å². The van der Waals surface area contributed by atoms with Crippen LogP contribution in [0, 0.1) is 17.8 Å². The topological polar surface area (TPSA) is 58.8 Å². The highest BCUT2D eigenvalue weighted by Crippen LogP contribution is 2.42. The zero-order chi connectivity index (χ0) is 18.8. The average molecular weight is 372 g/mol. The van der Waals surface area contributed by atoms with Crippen molar-refractivity contribution < 1.29 is 9.53 Å². The fraction of sp³-hybridized carbons (Fsp3) is 0.682. The number of para-hydroxylation sites is 1. The number of carbonyl (C=O) groups excluding carboxylic acids is 1. The summed E-state index contributed by atoms with van der Waals surface area (Å²) in [6.45, 7) is 4.43. The van der Waals surface area contributed by atoms with Gasteiger partial charge in [0.05, 0.1) is 7.11 Å². The van der Waals surface area contributed by atoms with Crippen molar-refractivity contribution in [1.29, 1.82) is 0 Å². The van der Waals surface area contributed by atoms with Crippen molar-refractivity contribution in [1.82, 2.24) is 9.80 Å². The Morgan fingerprint density at radius 1 is 1.11 bits per heavy atom. The maximum absolute atomic E-state index is 13.1. The highest BCUT2D eigenvalue weighted by atomic mass is 16.5. The fourth-order valence-corrected chi connectivity index (χ4v) is 5.45. The molecule has 5 heteroatoms. The number of benzene rings is 1. The summed E-state index contributed by atoms with van der Waals surface area (Å²) in [7, 11) is 1.72. The second-order valence-corrected chi connectivity index (χ2v) is 8.61. The molecule has 1 saturated heterocycles. The van der Waals surface area contributed by atoms with Crippen molar-refractivity contribution in [3.8, 4) is 5.75 Å². The van der Waals surface area contributed by atoms with E-state index in [1.807, 2.05) is 12.1 Å². The van der Waals surface area contributed by atoms with Crippen LogP contribution in [0.4, 0.5) is 0 Å². The molecule has 1 aliphatic heterocycles. The summed E-state index contributed by atoms with van der Waals surface area (Å²) in [4.78, 5) is 17.6. The van der Waals surface area contributed by atoms with Gasteiger partial charge >= 0.3 is 0 Å². The SMILES string of the molecule is COc1ccccc1CN1CCN(C(=O)C2CC3CCCC(C2)C3N)CC1. The number of amides is 1. The number of carbonyl (C=O) groups is 1. The third-order valence-electron chi connectivity index (χ3n) is 7.03. The summed E-state index contributed by atoms with van der Waals surface area (Å²) in [6, 6.07) is 8.53. The number of methoxy groups -OCH3 is 1. The van der Waals surface area contributed by atoms with E-state index in [2.05, 4.69) is 21.9 Å². The lowest BCUT2D eigenvalue weighted by atomic mass is 9.65. The van der Waals surface area contributed by atoms with Crippen molar-refractivity contribution in [2.24, 2.45) is 23.5 Å². The van der Waals surface area contributed by atoms with Gasteiger partial charge in [-0.2, -0.15) is 0 Å². The molecule has 2 aliphatic carbocycles. The van der Waals surface area contributed by atoms with Crippen molar-refractivity contribution in [3.05, 3.63) is 29.8 Å². The van der Waals surface area contributed by atoms with Gasteiger partial charge in [0, 0.05) is 50.2 Å². The molecule has 1 aromatic carbocycles. The first-order valence-corrected chi connectivity index (χ1v) is 10.5. The Morgan fingerprint density at radius 2 is 1.78 bits per heavy atom. The van der Waals surface area contributed by atoms with Gasteiger partial charge in [0.1, 0.15) is 5.75 Å². The number of hydrogen-bond donors (Lipinski definition) is 1. The molecule has 0 aromatic heterocycles. The Kier molecular flexibility index (Phi) is 5.69.